The quantitative estimate of drug-likeness (QED) is 0.818. The van der Waals surface area contributed by atoms with Gasteiger partial charge in [0, 0.05) is 13.1 Å². The number of piperidine rings is 1. The smallest absolute Gasteiger partial charge is 0.410 e. The molecule has 0 spiro atoms. The zero-order chi connectivity index (χ0) is 14.4. The van der Waals surface area contributed by atoms with E-state index in [1.165, 1.54) is 12.8 Å². The van der Waals surface area contributed by atoms with E-state index in [2.05, 4.69) is 13.8 Å². The van der Waals surface area contributed by atoms with Crippen LogP contribution in [0.5, 0.6) is 5.75 Å². The second-order valence-corrected chi connectivity index (χ2v) is 6.08. The molecule has 2 rings (SSSR count). The van der Waals surface area contributed by atoms with Gasteiger partial charge in [0.15, 0.2) is 0 Å². The summed E-state index contributed by atoms with van der Waals surface area (Å²) in [7, 11) is 0. The third-order valence-corrected chi connectivity index (χ3v) is 3.97. The van der Waals surface area contributed by atoms with Crippen LogP contribution in [0.4, 0.5) is 4.79 Å². The van der Waals surface area contributed by atoms with Crippen molar-refractivity contribution in [1.29, 1.82) is 0 Å². The highest BCUT2D eigenvalue weighted by atomic mass is 16.6. The number of carbonyl (C=O) groups excluding carboxylic acids is 1. The van der Waals surface area contributed by atoms with Crippen molar-refractivity contribution >= 4 is 6.09 Å². The Labute approximate surface area is 121 Å². The van der Waals surface area contributed by atoms with Gasteiger partial charge in [-0.1, -0.05) is 44.9 Å². The molecule has 1 aromatic rings. The van der Waals surface area contributed by atoms with E-state index >= 15 is 0 Å². The Morgan fingerprint density at radius 3 is 2.50 bits per heavy atom. The Balaban J connectivity index is 1.74. The Morgan fingerprint density at radius 2 is 1.90 bits per heavy atom. The first-order valence-corrected chi connectivity index (χ1v) is 7.67. The highest BCUT2D eigenvalue weighted by Crippen LogP contribution is 2.24. The molecule has 0 N–H and O–H groups in total. The normalized spacial score (nSPS) is 16.4. The summed E-state index contributed by atoms with van der Waals surface area (Å²) in [6, 6.07) is 9.29. The van der Waals surface area contributed by atoms with E-state index < -0.39 is 0 Å². The molecule has 1 amide bonds. The standard InChI is InChI=1S/C17H25NO2/c1-14(2)8-9-15-10-12-18(13-11-15)17(19)20-16-6-4-3-5-7-16/h3-7,14-15H,8-13H2,1-2H3. The molecule has 0 saturated carbocycles. The molecule has 3 nitrogen and oxygen atoms in total. The van der Waals surface area contributed by atoms with Crippen molar-refractivity contribution in [3.05, 3.63) is 30.3 Å². The molecule has 0 unspecified atom stereocenters. The third-order valence-electron chi connectivity index (χ3n) is 3.97. The first-order valence-electron chi connectivity index (χ1n) is 7.67. The predicted molar refractivity (Wildman–Crippen MR) is 80.8 cm³/mol. The Morgan fingerprint density at radius 1 is 1.25 bits per heavy atom. The van der Waals surface area contributed by atoms with Crippen LogP contribution in [0.25, 0.3) is 0 Å². The molecule has 0 bridgehead atoms. The van der Waals surface area contributed by atoms with E-state index in [0.717, 1.165) is 37.8 Å². The summed E-state index contributed by atoms with van der Waals surface area (Å²) in [6.45, 7) is 6.20. The predicted octanol–water partition coefficient (Wildman–Crippen LogP) is 4.33. The molecule has 1 aliphatic heterocycles. The zero-order valence-electron chi connectivity index (χ0n) is 12.5. The largest absolute Gasteiger partial charge is 0.415 e. The van der Waals surface area contributed by atoms with Crippen LogP contribution in [0.15, 0.2) is 30.3 Å². The van der Waals surface area contributed by atoms with E-state index in [4.69, 9.17) is 4.74 Å². The van der Waals surface area contributed by atoms with Crippen LogP contribution in [0.3, 0.4) is 0 Å². The summed E-state index contributed by atoms with van der Waals surface area (Å²) >= 11 is 0. The van der Waals surface area contributed by atoms with Gasteiger partial charge in [0.05, 0.1) is 0 Å². The minimum absolute atomic E-state index is 0.210. The van der Waals surface area contributed by atoms with Crippen LogP contribution in [-0.4, -0.2) is 24.1 Å². The summed E-state index contributed by atoms with van der Waals surface area (Å²) in [5.74, 6) is 2.17. The van der Waals surface area contributed by atoms with Crippen molar-refractivity contribution in [2.75, 3.05) is 13.1 Å². The lowest BCUT2D eigenvalue weighted by Crippen LogP contribution is -2.40. The van der Waals surface area contributed by atoms with Crippen molar-refractivity contribution < 1.29 is 9.53 Å². The molecule has 1 saturated heterocycles. The number of nitrogens with zero attached hydrogens (tertiary/aromatic N) is 1. The fourth-order valence-electron chi connectivity index (χ4n) is 2.63. The fraction of sp³-hybridized carbons (Fsp3) is 0.588. The first-order chi connectivity index (χ1) is 9.65. The molecule has 3 heteroatoms. The highest BCUT2D eigenvalue weighted by Gasteiger charge is 2.23. The van der Waals surface area contributed by atoms with Crippen molar-refractivity contribution in [3.8, 4) is 5.75 Å². The molecule has 0 atom stereocenters. The van der Waals surface area contributed by atoms with Crippen molar-refractivity contribution in [1.82, 2.24) is 4.90 Å². The lowest BCUT2D eigenvalue weighted by atomic mass is 9.90. The summed E-state index contributed by atoms with van der Waals surface area (Å²) in [6.07, 6.45) is 4.59. The number of hydrogen-bond acceptors (Lipinski definition) is 2. The van der Waals surface area contributed by atoms with Crippen LogP contribution < -0.4 is 4.74 Å². The average Bonchev–Trinajstić information content (AvgIpc) is 2.46. The number of hydrogen-bond donors (Lipinski definition) is 0. The van der Waals surface area contributed by atoms with Crippen molar-refractivity contribution in [3.63, 3.8) is 0 Å². The topological polar surface area (TPSA) is 29.5 Å². The van der Waals surface area contributed by atoms with Crippen LogP contribution >= 0.6 is 0 Å². The molecule has 110 valence electrons. The van der Waals surface area contributed by atoms with E-state index in [-0.39, 0.29) is 6.09 Å². The number of amides is 1. The Kier molecular flexibility index (Phi) is 5.45. The molecule has 0 radical (unpaired) electrons. The summed E-state index contributed by atoms with van der Waals surface area (Å²) in [5, 5.41) is 0. The van der Waals surface area contributed by atoms with Gasteiger partial charge in [0.25, 0.3) is 0 Å². The number of carbonyl (C=O) groups is 1. The molecule has 1 heterocycles. The third kappa shape index (κ3) is 4.55. The highest BCUT2D eigenvalue weighted by molar-refractivity contribution is 5.70. The van der Waals surface area contributed by atoms with Crippen LogP contribution in [0.2, 0.25) is 0 Å². The van der Waals surface area contributed by atoms with Crippen molar-refractivity contribution in [2.45, 2.75) is 39.5 Å². The van der Waals surface area contributed by atoms with E-state index in [0.29, 0.717) is 5.75 Å². The minimum atomic E-state index is -0.210. The number of para-hydroxylation sites is 1. The monoisotopic (exact) mass is 275 g/mol. The number of ether oxygens (including phenoxy) is 1. The van der Waals surface area contributed by atoms with E-state index in [9.17, 15) is 4.79 Å². The summed E-state index contributed by atoms with van der Waals surface area (Å²) in [4.78, 5) is 13.9. The zero-order valence-corrected chi connectivity index (χ0v) is 12.5. The SMILES string of the molecule is CC(C)CCC1CCN(C(=O)Oc2ccccc2)CC1. The lowest BCUT2D eigenvalue weighted by Gasteiger charge is -2.31. The van der Waals surface area contributed by atoms with Gasteiger partial charge >= 0.3 is 6.09 Å². The number of rotatable bonds is 4. The summed E-state index contributed by atoms with van der Waals surface area (Å²) < 4.78 is 5.37. The van der Waals surface area contributed by atoms with Crippen LogP contribution in [0.1, 0.15) is 39.5 Å². The second-order valence-electron chi connectivity index (χ2n) is 6.08. The Hall–Kier alpha value is -1.51. The van der Waals surface area contributed by atoms with Gasteiger partial charge in [-0.2, -0.15) is 0 Å². The molecule has 1 aromatic carbocycles. The van der Waals surface area contributed by atoms with Gasteiger partial charge < -0.3 is 9.64 Å². The fourth-order valence-corrected chi connectivity index (χ4v) is 2.63. The first kappa shape index (κ1) is 14.9. The molecule has 0 aromatic heterocycles. The molecule has 0 aliphatic carbocycles. The Bertz CT molecular complexity index is 408. The average molecular weight is 275 g/mol. The van der Waals surface area contributed by atoms with Crippen LogP contribution in [0, 0.1) is 11.8 Å². The molecular weight excluding hydrogens is 250 g/mol. The van der Waals surface area contributed by atoms with Crippen molar-refractivity contribution in [2.24, 2.45) is 11.8 Å². The molecule has 20 heavy (non-hydrogen) atoms. The van der Waals surface area contributed by atoms with Gasteiger partial charge in [0.1, 0.15) is 5.75 Å². The molecule has 1 aliphatic rings. The van der Waals surface area contributed by atoms with Gasteiger partial charge in [-0.05, 0) is 36.8 Å². The maximum Gasteiger partial charge on any atom is 0.415 e. The number of likely N-dealkylation sites (tertiary alicyclic amines) is 1. The van der Waals surface area contributed by atoms with Gasteiger partial charge in [-0.3, -0.25) is 0 Å². The minimum Gasteiger partial charge on any atom is -0.410 e. The lowest BCUT2D eigenvalue weighted by molar-refractivity contribution is 0.128. The summed E-state index contributed by atoms with van der Waals surface area (Å²) in [5.41, 5.74) is 0. The maximum atomic E-state index is 12.0. The van der Waals surface area contributed by atoms with Gasteiger partial charge in [0.2, 0.25) is 0 Å². The van der Waals surface area contributed by atoms with Gasteiger partial charge in [-0.25, -0.2) is 4.79 Å². The maximum absolute atomic E-state index is 12.0. The van der Waals surface area contributed by atoms with E-state index in [1.54, 1.807) is 0 Å². The molecular formula is C17H25NO2. The second kappa shape index (κ2) is 7.32. The number of benzene rings is 1. The molecule has 1 fully saturated rings. The van der Waals surface area contributed by atoms with Crippen LogP contribution in [-0.2, 0) is 0 Å². The van der Waals surface area contributed by atoms with E-state index in [1.807, 2.05) is 35.2 Å². The van der Waals surface area contributed by atoms with Gasteiger partial charge in [-0.15, -0.1) is 0 Å².